The molecule has 0 radical (unpaired) electrons. The summed E-state index contributed by atoms with van der Waals surface area (Å²) in [5.74, 6) is 3.06. The van der Waals surface area contributed by atoms with Gasteiger partial charge in [-0.05, 0) is 92.8 Å². The van der Waals surface area contributed by atoms with Crippen LogP contribution in [0.1, 0.15) is 65.2 Å². The van der Waals surface area contributed by atoms with E-state index in [1.54, 1.807) is 0 Å². The maximum absolute atomic E-state index is 6.89. The molecule has 0 amide bonds. The van der Waals surface area contributed by atoms with E-state index in [9.17, 15) is 0 Å². The summed E-state index contributed by atoms with van der Waals surface area (Å²) in [7, 11) is 0. The molecule has 0 fully saturated rings. The van der Waals surface area contributed by atoms with Crippen molar-refractivity contribution in [2.75, 3.05) is 0 Å². The Morgan fingerprint density at radius 2 is 1.58 bits per heavy atom. The minimum Gasteiger partial charge on any atom is -0.456 e. The standard InChI is InChI=1S/C36H39NO/c1-21(2)15-23-11-12-27-26(17-23)18-30-34-33-28(13-14-37-34)32-24(9-8-10-25(32)20-36(5,6)7)19-31(33)38-35(30)29(27)16-22(3)4/h8-14,17-19,21-22H,15-16,20H2,1-7H3. The third-order valence-corrected chi connectivity index (χ3v) is 7.64. The molecule has 1 aliphatic heterocycles. The van der Waals surface area contributed by atoms with Gasteiger partial charge in [-0.1, -0.05) is 84.9 Å². The quantitative estimate of drug-likeness (QED) is 0.219. The first kappa shape index (κ1) is 24.9. The Labute approximate surface area is 227 Å². The average Bonchev–Trinajstić information content (AvgIpc) is 2.83. The zero-order valence-corrected chi connectivity index (χ0v) is 23.9. The summed E-state index contributed by atoms with van der Waals surface area (Å²) in [6.07, 6.45) is 5.07. The fourth-order valence-electron chi connectivity index (χ4n) is 6.33. The summed E-state index contributed by atoms with van der Waals surface area (Å²) in [6.45, 7) is 16.1. The summed E-state index contributed by atoms with van der Waals surface area (Å²) in [6, 6.07) is 20.5. The molecule has 4 aromatic carbocycles. The van der Waals surface area contributed by atoms with Crippen LogP contribution in [0.5, 0.6) is 11.5 Å². The Kier molecular flexibility index (Phi) is 5.98. The molecule has 0 atom stereocenters. The van der Waals surface area contributed by atoms with Gasteiger partial charge in [-0.2, -0.15) is 0 Å². The minimum absolute atomic E-state index is 0.202. The Morgan fingerprint density at radius 3 is 2.32 bits per heavy atom. The van der Waals surface area contributed by atoms with E-state index in [1.807, 2.05) is 6.20 Å². The highest BCUT2D eigenvalue weighted by Gasteiger charge is 2.27. The van der Waals surface area contributed by atoms with Gasteiger partial charge in [0.15, 0.2) is 0 Å². The van der Waals surface area contributed by atoms with Crippen molar-refractivity contribution in [1.29, 1.82) is 0 Å². The lowest BCUT2D eigenvalue weighted by Crippen LogP contribution is -2.10. The lowest BCUT2D eigenvalue weighted by molar-refractivity contribution is 0.413. The second-order valence-corrected chi connectivity index (χ2v) is 13.3. The van der Waals surface area contributed by atoms with Crippen LogP contribution in [0.15, 0.2) is 60.8 Å². The lowest BCUT2D eigenvalue weighted by Gasteiger charge is -2.27. The van der Waals surface area contributed by atoms with Gasteiger partial charge in [0, 0.05) is 17.3 Å². The van der Waals surface area contributed by atoms with Crippen LogP contribution < -0.4 is 4.74 Å². The van der Waals surface area contributed by atoms with Gasteiger partial charge in [-0.3, -0.25) is 4.98 Å². The number of rotatable bonds is 5. The first-order valence-electron chi connectivity index (χ1n) is 14.2. The molecule has 194 valence electrons. The smallest absolute Gasteiger partial charge is 0.140 e. The van der Waals surface area contributed by atoms with Crippen LogP contribution >= 0.6 is 0 Å². The molecule has 2 heteroatoms. The zero-order valence-electron chi connectivity index (χ0n) is 23.9. The predicted molar refractivity (Wildman–Crippen MR) is 163 cm³/mol. The molecule has 2 nitrogen and oxygen atoms in total. The van der Waals surface area contributed by atoms with Crippen molar-refractivity contribution in [1.82, 2.24) is 4.98 Å². The molecule has 0 spiro atoms. The van der Waals surface area contributed by atoms with Crippen LogP contribution in [0.4, 0.5) is 0 Å². The van der Waals surface area contributed by atoms with E-state index in [-0.39, 0.29) is 5.41 Å². The van der Waals surface area contributed by atoms with E-state index < -0.39 is 0 Å². The molecule has 38 heavy (non-hydrogen) atoms. The molecule has 1 aromatic heterocycles. The number of benzene rings is 4. The monoisotopic (exact) mass is 501 g/mol. The van der Waals surface area contributed by atoms with Gasteiger partial charge >= 0.3 is 0 Å². The SMILES string of the molecule is CC(C)Cc1ccc2c(CC(C)C)c3c(cc2c1)-c1nccc2c1c(cc1cccc(CC(C)(C)C)c12)O3. The second-order valence-electron chi connectivity index (χ2n) is 13.3. The van der Waals surface area contributed by atoms with E-state index in [4.69, 9.17) is 9.72 Å². The van der Waals surface area contributed by atoms with Crippen molar-refractivity contribution in [3.05, 3.63) is 77.5 Å². The number of hydrogen-bond acceptors (Lipinski definition) is 2. The van der Waals surface area contributed by atoms with Gasteiger partial charge in [-0.15, -0.1) is 0 Å². The lowest BCUT2D eigenvalue weighted by atomic mass is 9.84. The Balaban J connectivity index is 1.66. The van der Waals surface area contributed by atoms with Crippen molar-refractivity contribution in [3.63, 3.8) is 0 Å². The summed E-state index contributed by atoms with van der Waals surface area (Å²) in [5, 5.41) is 7.54. The van der Waals surface area contributed by atoms with Crippen LogP contribution in [-0.4, -0.2) is 4.98 Å². The number of hydrogen-bond donors (Lipinski definition) is 0. The van der Waals surface area contributed by atoms with Gasteiger partial charge in [0.1, 0.15) is 11.5 Å². The largest absolute Gasteiger partial charge is 0.456 e. The summed E-state index contributed by atoms with van der Waals surface area (Å²) in [4.78, 5) is 5.01. The van der Waals surface area contributed by atoms with E-state index in [2.05, 4.69) is 103 Å². The van der Waals surface area contributed by atoms with Crippen LogP contribution in [0.2, 0.25) is 0 Å². The Morgan fingerprint density at radius 1 is 0.789 bits per heavy atom. The van der Waals surface area contributed by atoms with Crippen molar-refractivity contribution in [2.24, 2.45) is 17.3 Å². The van der Waals surface area contributed by atoms with Crippen LogP contribution in [-0.2, 0) is 19.3 Å². The number of nitrogens with zero attached hydrogens (tertiary/aromatic N) is 1. The first-order valence-corrected chi connectivity index (χ1v) is 14.2. The van der Waals surface area contributed by atoms with Gasteiger partial charge in [0.05, 0.1) is 11.1 Å². The molecule has 6 rings (SSSR count). The van der Waals surface area contributed by atoms with Gasteiger partial charge in [0.25, 0.3) is 0 Å². The topological polar surface area (TPSA) is 22.1 Å². The number of fused-ring (bicyclic) bond motifs is 5. The van der Waals surface area contributed by atoms with E-state index in [1.165, 1.54) is 43.6 Å². The number of ether oxygens (including phenoxy) is 1. The first-order chi connectivity index (χ1) is 18.1. The normalized spacial score (nSPS) is 13.1. The number of pyridine rings is 1. The van der Waals surface area contributed by atoms with Gasteiger partial charge in [-0.25, -0.2) is 0 Å². The highest BCUT2D eigenvalue weighted by atomic mass is 16.5. The highest BCUT2D eigenvalue weighted by molar-refractivity contribution is 6.17. The van der Waals surface area contributed by atoms with Crippen LogP contribution in [0.3, 0.4) is 0 Å². The predicted octanol–water partition coefficient (Wildman–Crippen LogP) is 10.3. The maximum atomic E-state index is 6.89. The molecule has 1 aliphatic rings. The highest BCUT2D eigenvalue weighted by Crippen LogP contribution is 2.51. The fraction of sp³-hybridized carbons (Fsp3) is 0.361. The third-order valence-electron chi connectivity index (χ3n) is 7.64. The van der Waals surface area contributed by atoms with E-state index in [0.29, 0.717) is 11.8 Å². The molecule has 0 saturated carbocycles. The molecular formula is C36H39NO. The van der Waals surface area contributed by atoms with Crippen molar-refractivity contribution in [2.45, 2.75) is 67.7 Å². The molecule has 0 saturated heterocycles. The maximum Gasteiger partial charge on any atom is 0.140 e. The fourth-order valence-corrected chi connectivity index (χ4v) is 6.33. The zero-order chi connectivity index (χ0) is 26.8. The molecule has 0 bridgehead atoms. The van der Waals surface area contributed by atoms with Gasteiger partial charge in [0.2, 0.25) is 0 Å². The third kappa shape index (κ3) is 4.34. The molecule has 0 unspecified atom stereocenters. The molecule has 0 N–H and O–H groups in total. The van der Waals surface area contributed by atoms with Crippen molar-refractivity contribution >= 4 is 32.3 Å². The van der Waals surface area contributed by atoms with E-state index >= 15 is 0 Å². The molecule has 0 aliphatic carbocycles. The molecule has 2 heterocycles. The molecular weight excluding hydrogens is 462 g/mol. The molecule has 5 aromatic rings. The number of aromatic nitrogens is 1. The average molecular weight is 502 g/mol. The Hall–Kier alpha value is -3.39. The summed E-state index contributed by atoms with van der Waals surface area (Å²) < 4.78 is 6.89. The second kappa shape index (κ2) is 9.12. The summed E-state index contributed by atoms with van der Waals surface area (Å²) >= 11 is 0. The van der Waals surface area contributed by atoms with Crippen LogP contribution in [0, 0.1) is 17.3 Å². The van der Waals surface area contributed by atoms with Gasteiger partial charge < -0.3 is 4.74 Å². The Bertz CT molecular complexity index is 1700. The van der Waals surface area contributed by atoms with E-state index in [0.717, 1.165) is 47.4 Å². The van der Waals surface area contributed by atoms with Crippen LogP contribution in [0.25, 0.3) is 43.6 Å². The minimum atomic E-state index is 0.202. The van der Waals surface area contributed by atoms with Crippen molar-refractivity contribution in [3.8, 4) is 22.8 Å². The van der Waals surface area contributed by atoms with Crippen molar-refractivity contribution < 1.29 is 4.74 Å². The summed E-state index contributed by atoms with van der Waals surface area (Å²) in [5.41, 5.74) is 6.46.